The smallest absolute Gasteiger partial charge is 0.315 e. The van der Waals surface area contributed by atoms with E-state index in [-0.39, 0.29) is 18.5 Å². The number of hydrogen-bond donors (Lipinski definition) is 2. The number of urea groups is 1. The maximum atomic E-state index is 13.5. The van der Waals surface area contributed by atoms with Gasteiger partial charge in [0.2, 0.25) is 5.91 Å². The number of amides is 3. The molecule has 3 aromatic carbocycles. The number of carbonyl (C=O) groups is 2. The Balaban J connectivity index is 1.65. The SMILES string of the molecule is Cc1ccc(-n2nc(C)c(-c3ccccc3)c2NC(=O)CN(CC(C)C)C(=O)Nc2cc(C(F)(F)F)cc(C(F)(F)F)c2)cc1. The van der Waals surface area contributed by atoms with Crippen LogP contribution in [-0.4, -0.2) is 39.7 Å². The summed E-state index contributed by atoms with van der Waals surface area (Å²) in [5.41, 5.74) is -0.186. The van der Waals surface area contributed by atoms with Gasteiger partial charge in [0.1, 0.15) is 12.4 Å². The Labute approximate surface area is 255 Å². The van der Waals surface area contributed by atoms with Crippen molar-refractivity contribution in [2.24, 2.45) is 5.92 Å². The predicted octanol–water partition coefficient (Wildman–Crippen LogP) is 8.32. The highest BCUT2D eigenvalue weighted by molar-refractivity contribution is 5.99. The van der Waals surface area contributed by atoms with Crippen LogP contribution in [0, 0.1) is 19.8 Å². The lowest BCUT2D eigenvalue weighted by Gasteiger charge is -2.25. The highest BCUT2D eigenvalue weighted by Crippen LogP contribution is 2.38. The van der Waals surface area contributed by atoms with Gasteiger partial charge in [-0.2, -0.15) is 31.4 Å². The molecule has 0 saturated carbocycles. The maximum absolute atomic E-state index is 13.5. The van der Waals surface area contributed by atoms with Gasteiger partial charge in [-0.15, -0.1) is 0 Å². The fourth-order valence-electron chi connectivity index (χ4n) is 4.70. The number of carbonyl (C=O) groups excluding carboxylic acids is 2. The number of alkyl halides is 6. The van der Waals surface area contributed by atoms with E-state index in [2.05, 4.69) is 15.7 Å². The Hall–Kier alpha value is -4.81. The second-order valence-electron chi connectivity index (χ2n) is 11.0. The van der Waals surface area contributed by atoms with Crippen LogP contribution in [-0.2, 0) is 17.1 Å². The van der Waals surface area contributed by atoms with Crippen molar-refractivity contribution in [3.63, 3.8) is 0 Å². The molecular formula is C32H31F6N5O2. The zero-order chi connectivity index (χ0) is 33.1. The third-order valence-corrected chi connectivity index (χ3v) is 6.71. The van der Waals surface area contributed by atoms with Crippen molar-refractivity contribution in [2.45, 2.75) is 40.0 Å². The lowest BCUT2D eigenvalue weighted by atomic mass is 10.1. The molecule has 238 valence electrons. The van der Waals surface area contributed by atoms with Gasteiger partial charge >= 0.3 is 18.4 Å². The molecule has 2 N–H and O–H groups in total. The molecule has 0 aliphatic heterocycles. The van der Waals surface area contributed by atoms with Gasteiger partial charge in [0, 0.05) is 17.8 Å². The van der Waals surface area contributed by atoms with E-state index in [1.165, 1.54) is 0 Å². The highest BCUT2D eigenvalue weighted by atomic mass is 19.4. The molecule has 0 bridgehead atoms. The molecule has 0 aliphatic rings. The Kier molecular flexibility index (Phi) is 9.59. The van der Waals surface area contributed by atoms with Gasteiger partial charge in [-0.1, -0.05) is 61.9 Å². The van der Waals surface area contributed by atoms with E-state index in [9.17, 15) is 35.9 Å². The first kappa shape index (κ1) is 33.1. The van der Waals surface area contributed by atoms with E-state index in [1.54, 1.807) is 25.5 Å². The zero-order valence-corrected chi connectivity index (χ0v) is 24.8. The summed E-state index contributed by atoms with van der Waals surface area (Å²) in [5.74, 6) is -0.530. The van der Waals surface area contributed by atoms with Crippen molar-refractivity contribution < 1.29 is 35.9 Å². The topological polar surface area (TPSA) is 79.3 Å². The van der Waals surface area contributed by atoms with E-state index >= 15 is 0 Å². The summed E-state index contributed by atoms with van der Waals surface area (Å²) in [5, 5.41) is 9.59. The predicted molar refractivity (Wildman–Crippen MR) is 159 cm³/mol. The summed E-state index contributed by atoms with van der Waals surface area (Å²) in [7, 11) is 0. The summed E-state index contributed by atoms with van der Waals surface area (Å²) in [6.45, 7) is 6.62. The van der Waals surface area contributed by atoms with Crippen LogP contribution in [0.2, 0.25) is 0 Å². The average Bonchev–Trinajstić information content (AvgIpc) is 3.27. The Morgan fingerprint density at radius 2 is 1.42 bits per heavy atom. The number of hydrogen-bond acceptors (Lipinski definition) is 3. The summed E-state index contributed by atoms with van der Waals surface area (Å²) >= 11 is 0. The first-order chi connectivity index (χ1) is 21.0. The third-order valence-electron chi connectivity index (χ3n) is 6.71. The molecule has 3 amide bonds. The summed E-state index contributed by atoms with van der Waals surface area (Å²) in [6.07, 6.45) is -10.2. The van der Waals surface area contributed by atoms with Crippen molar-refractivity contribution >= 4 is 23.4 Å². The Morgan fingerprint density at radius 1 is 0.844 bits per heavy atom. The van der Waals surface area contributed by atoms with Gasteiger partial charge in [0.05, 0.1) is 22.5 Å². The lowest BCUT2D eigenvalue weighted by molar-refractivity contribution is -0.143. The van der Waals surface area contributed by atoms with Crippen LogP contribution in [0.4, 0.5) is 42.6 Å². The van der Waals surface area contributed by atoms with Crippen molar-refractivity contribution in [2.75, 3.05) is 23.7 Å². The second kappa shape index (κ2) is 13.0. The molecule has 4 rings (SSSR count). The van der Waals surface area contributed by atoms with Crippen LogP contribution in [0.15, 0.2) is 72.8 Å². The van der Waals surface area contributed by atoms with Gasteiger partial charge in [0.15, 0.2) is 0 Å². The molecule has 13 heteroatoms. The van der Waals surface area contributed by atoms with Gasteiger partial charge in [0.25, 0.3) is 0 Å². The molecule has 0 aliphatic carbocycles. The van der Waals surface area contributed by atoms with Crippen LogP contribution >= 0.6 is 0 Å². The van der Waals surface area contributed by atoms with Crippen LogP contribution in [0.5, 0.6) is 0 Å². The van der Waals surface area contributed by atoms with E-state index in [4.69, 9.17) is 0 Å². The van der Waals surface area contributed by atoms with Gasteiger partial charge in [-0.25, -0.2) is 9.48 Å². The van der Waals surface area contributed by atoms with E-state index in [0.717, 1.165) is 16.0 Å². The summed E-state index contributed by atoms with van der Waals surface area (Å²) in [6, 6.07) is 16.4. The number of aryl methyl sites for hydroxylation is 2. The normalized spacial score (nSPS) is 11.9. The number of benzene rings is 3. The van der Waals surface area contributed by atoms with Gasteiger partial charge in [-0.05, 0) is 55.7 Å². The standard InChI is InChI=1S/C32H31F6N5O2/c1-19(2)17-42(30(45)39-25-15-23(31(33,34)35)14-24(16-25)32(36,37)38)18-27(44)40-29-28(22-8-6-5-7-9-22)21(4)41-43(29)26-12-10-20(3)11-13-26/h5-16,19H,17-18H2,1-4H3,(H,39,45)(H,40,44). The summed E-state index contributed by atoms with van der Waals surface area (Å²) < 4.78 is 81.7. The molecule has 0 unspecified atom stereocenters. The van der Waals surface area contributed by atoms with Crippen molar-refractivity contribution in [3.05, 3.63) is 95.2 Å². The maximum Gasteiger partial charge on any atom is 0.416 e. The molecule has 0 radical (unpaired) electrons. The molecule has 1 aromatic heterocycles. The highest BCUT2D eigenvalue weighted by Gasteiger charge is 2.37. The zero-order valence-electron chi connectivity index (χ0n) is 24.8. The van der Waals surface area contributed by atoms with E-state index in [1.807, 2.05) is 61.5 Å². The molecule has 45 heavy (non-hydrogen) atoms. The number of aromatic nitrogens is 2. The first-order valence-corrected chi connectivity index (χ1v) is 13.9. The van der Waals surface area contributed by atoms with Gasteiger partial charge < -0.3 is 15.5 Å². The first-order valence-electron chi connectivity index (χ1n) is 13.9. The third kappa shape index (κ3) is 8.22. The quantitative estimate of drug-likeness (QED) is 0.192. The molecule has 4 aromatic rings. The van der Waals surface area contributed by atoms with Gasteiger partial charge in [-0.3, -0.25) is 4.79 Å². The van der Waals surface area contributed by atoms with Crippen molar-refractivity contribution in [1.29, 1.82) is 0 Å². The Bertz CT molecular complexity index is 1630. The van der Waals surface area contributed by atoms with Crippen LogP contribution < -0.4 is 10.6 Å². The number of rotatable bonds is 8. The van der Waals surface area contributed by atoms with Crippen molar-refractivity contribution in [1.82, 2.24) is 14.7 Å². The van der Waals surface area contributed by atoms with Crippen LogP contribution in [0.3, 0.4) is 0 Å². The molecule has 0 atom stereocenters. The summed E-state index contributed by atoms with van der Waals surface area (Å²) in [4.78, 5) is 27.7. The lowest BCUT2D eigenvalue weighted by Crippen LogP contribution is -2.42. The minimum Gasteiger partial charge on any atom is -0.315 e. The van der Waals surface area contributed by atoms with Crippen LogP contribution in [0.25, 0.3) is 16.8 Å². The van der Waals surface area contributed by atoms with E-state index < -0.39 is 47.6 Å². The molecule has 0 saturated heterocycles. The molecular weight excluding hydrogens is 600 g/mol. The fraction of sp³-hybridized carbons (Fsp3) is 0.281. The number of anilines is 2. The number of nitrogens with zero attached hydrogens (tertiary/aromatic N) is 3. The molecule has 0 fully saturated rings. The number of nitrogens with one attached hydrogen (secondary N) is 2. The minimum atomic E-state index is -5.09. The molecule has 7 nitrogen and oxygen atoms in total. The fourth-order valence-corrected chi connectivity index (χ4v) is 4.70. The Morgan fingerprint density at radius 3 is 1.96 bits per heavy atom. The average molecular weight is 632 g/mol. The largest absolute Gasteiger partial charge is 0.416 e. The molecule has 0 spiro atoms. The van der Waals surface area contributed by atoms with E-state index in [0.29, 0.717) is 34.9 Å². The second-order valence-corrected chi connectivity index (χ2v) is 11.0. The minimum absolute atomic E-state index is 0.0217. The monoisotopic (exact) mass is 631 g/mol. The van der Waals surface area contributed by atoms with Crippen molar-refractivity contribution in [3.8, 4) is 16.8 Å². The number of halogens is 6. The van der Waals surface area contributed by atoms with Crippen LogP contribution in [0.1, 0.15) is 36.2 Å². The molecule has 1 heterocycles.